The molecule has 2 rings (SSSR count). The molecule has 0 bridgehead atoms. The Bertz CT molecular complexity index is 435. The normalized spacial score (nSPS) is 20.1. The number of nitrogens with two attached hydrogens (primary N) is 1. The van der Waals surface area contributed by atoms with Gasteiger partial charge in [-0.1, -0.05) is 19.3 Å². The number of piperazine rings is 1. The molecular weight excluding hydrogens is 375 g/mol. The smallest absolute Gasteiger partial charge is 0.234 e. The van der Waals surface area contributed by atoms with Gasteiger partial charge in [0.2, 0.25) is 11.8 Å². The molecule has 0 aromatic carbocycles. The molecule has 0 unspecified atom stereocenters. The molecule has 8 heteroatoms. The van der Waals surface area contributed by atoms with Crippen molar-refractivity contribution >= 4 is 36.6 Å². The highest BCUT2D eigenvalue weighted by Crippen LogP contribution is 2.38. The van der Waals surface area contributed by atoms with E-state index in [4.69, 9.17) is 5.73 Å². The highest BCUT2D eigenvalue weighted by molar-refractivity contribution is 5.85. The zero-order valence-corrected chi connectivity index (χ0v) is 17.8. The van der Waals surface area contributed by atoms with Crippen molar-refractivity contribution in [1.29, 1.82) is 0 Å². The number of hydrogen-bond acceptors (Lipinski definition) is 4. The molecule has 3 N–H and O–H groups in total. The summed E-state index contributed by atoms with van der Waals surface area (Å²) in [6.07, 6.45) is 6.44. The summed E-state index contributed by atoms with van der Waals surface area (Å²) in [4.78, 5) is 28.6. The van der Waals surface area contributed by atoms with Crippen molar-refractivity contribution < 1.29 is 9.59 Å². The third-order valence-electron chi connectivity index (χ3n) is 5.42. The lowest BCUT2D eigenvalue weighted by atomic mass is 9.71. The van der Waals surface area contributed by atoms with Gasteiger partial charge in [-0.2, -0.15) is 0 Å². The second-order valence-electron chi connectivity index (χ2n) is 7.82. The maximum Gasteiger partial charge on any atom is 0.234 e. The van der Waals surface area contributed by atoms with Crippen LogP contribution in [-0.2, 0) is 9.59 Å². The maximum atomic E-state index is 12.7. The Balaban J connectivity index is 0.00000312. The van der Waals surface area contributed by atoms with E-state index in [2.05, 4.69) is 10.2 Å². The van der Waals surface area contributed by atoms with Gasteiger partial charge in [0.05, 0.1) is 6.54 Å². The van der Waals surface area contributed by atoms with Gasteiger partial charge in [-0.3, -0.25) is 14.5 Å². The van der Waals surface area contributed by atoms with Crippen molar-refractivity contribution in [3.63, 3.8) is 0 Å². The first kappa shape index (κ1) is 25.4. The highest BCUT2D eigenvalue weighted by atomic mass is 35.5. The van der Waals surface area contributed by atoms with E-state index in [1.807, 2.05) is 18.7 Å². The molecule has 1 aliphatic heterocycles. The SMILES string of the molecule is CC(C)NC(=O)CN1CCN(C(=O)CC2(CN)CCCCC2)CC1.Cl.Cl. The Labute approximate surface area is 170 Å². The van der Waals surface area contributed by atoms with Crippen LogP contribution in [0.4, 0.5) is 0 Å². The van der Waals surface area contributed by atoms with Gasteiger partial charge in [-0.25, -0.2) is 0 Å². The molecule has 0 radical (unpaired) electrons. The second-order valence-corrected chi connectivity index (χ2v) is 7.82. The van der Waals surface area contributed by atoms with Gasteiger partial charge < -0.3 is 16.0 Å². The molecule has 2 fully saturated rings. The number of carbonyl (C=O) groups is 2. The van der Waals surface area contributed by atoms with Crippen LogP contribution in [-0.4, -0.2) is 66.9 Å². The van der Waals surface area contributed by atoms with Gasteiger partial charge in [-0.05, 0) is 38.6 Å². The van der Waals surface area contributed by atoms with Crippen LogP contribution in [0.25, 0.3) is 0 Å². The highest BCUT2D eigenvalue weighted by Gasteiger charge is 2.35. The first-order valence-electron chi connectivity index (χ1n) is 9.44. The van der Waals surface area contributed by atoms with E-state index >= 15 is 0 Å². The Kier molecular flexibility index (Phi) is 11.7. The third kappa shape index (κ3) is 7.59. The lowest BCUT2D eigenvalue weighted by Crippen LogP contribution is -2.52. The van der Waals surface area contributed by atoms with Gasteiger partial charge >= 0.3 is 0 Å². The number of nitrogens with one attached hydrogen (secondary N) is 1. The average Bonchev–Trinajstić information content (AvgIpc) is 2.55. The summed E-state index contributed by atoms with van der Waals surface area (Å²) < 4.78 is 0. The Morgan fingerprint density at radius 2 is 1.62 bits per heavy atom. The topological polar surface area (TPSA) is 78.7 Å². The van der Waals surface area contributed by atoms with Gasteiger partial charge in [0.15, 0.2) is 0 Å². The molecule has 1 saturated heterocycles. The van der Waals surface area contributed by atoms with Crippen LogP contribution < -0.4 is 11.1 Å². The van der Waals surface area contributed by atoms with Crippen LogP contribution in [0.15, 0.2) is 0 Å². The molecule has 2 aliphatic rings. The van der Waals surface area contributed by atoms with Crippen molar-refractivity contribution in [3.8, 4) is 0 Å². The van der Waals surface area contributed by atoms with Crippen molar-refractivity contribution in [2.24, 2.45) is 11.1 Å². The van der Waals surface area contributed by atoms with Crippen molar-refractivity contribution in [2.75, 3.05) is 39.3 Å². The quantitative estimate of drug-likeness (QED) is 0.699. The zero-order chi connectivity index (χ0) is 17.6. The summed E-state index contributed by atoms with van der Waals surface area (Å²) in [7, 11) is 0. The monoisotopic (exact) mass is 410 g/mol. The summed E-state index contributed by atoms with van der Waals surface area (Å²) >= 11 is 0. The summed E-state index contributed by atoms with van der Waals surface area (Å²) in [6.45, 7) is 7.95. The molecular formula is C18H36Cl2N4O2. The molecule has 1 saturated carbocycles. The predicted molar refractivity (Wildman–Crippen MR) is 110 cm³/mol. The largest absolute Gasteiger partial charge is 0.353 e. The fourth-order valence-electron chi connectivity index (χ4n) is 3.91. The van der Waals surface area contributed by atoms with Gasteiger partial charge in [-0.15, -0.1) is 24.8 Å². The van der Waals surface area contributed by atoms with Crippen molar-refractivity contribution in [3.05, 3.63) is 0 Å². The molecule has 1 heterocycles. The van der Waals surface area contributed by atoms with E-state index in [1.165, 1.54) is 19.3 Å². The molecule has 26 heavy (non-hydrogen) atoms. The molecule has 2 amide bonds. The maximum absolute atomic E-state index is 12.7. The minimum Gasteiger partial charge on any atom is -0.353 e. The molecule has 1 aliphatic carbocycles. The zero-order valence-electron chi connectivity index (χ0n) is 16.2. The lowest BCUT2D eigenvalue weighted by molar-refractivity contribution is -0.136. The number of amides is 2. The van der Waals surface area contributed by atoms with Crippen molar-refractivity contribution in [1.82, 2.24) is 15.1 Å². The van der Waals surface area contributed by atoms with E-state index in [9.17, 15) is 9.59 Å². The molecule has 0 atom stereocenters. The van der Waals surface area contributed by atoms with E-state index < -0.39 is 0 Å². The minimum atomic E-state index is 0. The standard InChI is InChI=1S/C18H34N4O2.2ClH/c1-15(2)20-16(23)13-21-8-10-22(11-9-21)17(24)12-18(14-19)6-4-3-5-7-18;;/h15H,3-14,19H2,1-2H3,(H,20,23);2*1H. The van der Waals surface area contributed by atoms with Crippen LogP contribution >= 0.6 is 24.8 Å². The molecule has 0 aromatic rings. The summed E-state index contributed by atoms with van der Waals surface area (Å²) in [6, 6.07) is 0.170. The van der Waals surface area contributed by atoms with E-state index in [0.717, 1.165) is 25.9 Å². The average molecular weight is 411 g/mol. The molecule has 0 spiro atoms. The number of halogens is 2. The minimum absolute atomic E-state index is 0. The Morgan fingerprint density at radius 1 is 1.04 bits per heavy atom. The van der Waals surface area contributed by atoms with Crippen LogP contribution in [0.5, 0.6) is 0 Å². The summed E-state index contributed by atoms with van der Waals surface area (Å²) in [5, 5.41) is 2.92. The van der Waals surface area contributed by atoms with Crippen molar-refractivity contribution in [2.45, 2.75) is 58.4 Å². The fraction of sp³-hybridized carbons (Fsp3) is 0.889. The van der Waals surface area contributed by atoms with Gasteiger partial charge in [0, 0.05) is 38.6 Å². The summed E-state index contributed by atoms with van der Waals surface area (Å²) in [5.74, 6) is 0.308. The summed E-state index contributed by atoms with van der Waals surface area (Å²) in [5.41, 5.74) is 6.04. The first-order valence-corrected chi connectivity index (χ1v) is 9.44. The second kappa shape index (κ2) is 12.0. The molecule has 0 aromatic heterocycles. The van der Waals surface area contributed by atoms with E-state index in [-0.39, 0.29) is 48.1 Å². The fourth-order valence-corrected chi connectivity index (χ4v) is 3.91. The number of carbonyl (C=O) groups excluding carboxylic acids is 2. The lowest BCUT2D eigenvalue weighted by Gasteiger charge is -2.39. The first-order chi connectivity index (χ1) is 11.4. The number of hydrogen-bond donors (Lipinski definition) is 2. The van der Waals surface area contributed by atoms with Crippen LogP contribution in [0.3, 0.4) is 0 Å². The van der Waals surface area contributed by atoms with Crippen LogP contribution in [0.1, 0.15) is 52.4 Å². The van der Waals surface area contributed by atoms with E-state index in [1.54, 1.807) is 0 Å². The predicted octanol–water partition coefficient (Wildman–Crippen LogP) is 1.80. The Hall–Kier alpha value is -0.560. The van der Waals surface area contributed by atoms with Gasteiger partial charge in [0.25, 0.3) is 0 Å². The molecule has 6 nitrogen and oxygen atoms in total. The van der Waals surface area contributed by atoms with Gasteiger partial charge in [0.1, 0.15) is 0 Å². The van der Waals surface area contributed by atoms with E-state index in [0.29, 0.717) is 32.6 Å². The Morgan fingerprint density at radius 3 is 2.12 bits per heavy atom. The number of nitrogens with zero attached hydrogens (tertiary/aromatic N) is 2. The molecule has 154 valence electrons. The number of rotatable bonds is 6. The van der Waals surface area contributed by atoms with Crippen LogP contribution in [0.2, 0.25) is 0 Å². The van der Waals surface area contributed by atoms with Crippen LogP contribution in [0, 0.1) is 5.41 Å². The third-order valence-corrected chi connectivity index (χ3v) is 5.42.